The van der Waals surface area contributed by atoms with Crippen molar-refractivity contribution in [1.82, 2.24) is 4.98 Å². The third-order valence-electron chi connectivity index (χ3n) is 2.58. The van der Waals surface area contributed by atoms with Gasteiger partial charge in [-0.05, 0) is 19.1 Å². The van der Waals surface area contributed by atoms with Crippen molar-refractivity contribution < 1.29 is 23.1 Å². The number of halogens is 3. The molecule has 0 aromatic carbocycles. The standard InChI is InChI=1S/C11H15F3N4O2/c1-5(19)7(15)4-17-10-6(9(16)20)2-3-8(18-10)11(12,13)14/h2-3,5,7,19H,4,15H2,1H3,(H2,16,20)(H,17,18). The smallest absolute Gasteiger partial charge is 0.392 e. The van der Waals surface area contributed by atoms with Crippen molar-refractivity contribution in [2.24, 2.45) is 11.5 Å². The van der Waals surface area contributed by atoms with Crippen LogP contribution in [0.25, 0.3) is 0 Å². The van der Waals surface area contributed by atoms with Gasteiger partial charge in [0.05, 0.1) is 11.7 Å². The Hall–Kier alpha value is -1.87. The van der Waals surface area contributed by atoms with E-state index in [-0.39, 0.29) is 17.9 Å². The highest BCUT2D eigenvalue weighted by Crippen LogP contribution is 2.29. The molecule has 0 fully saturated rings. The number of hydrogen-bond acceptors (Lipinski definition) is 5. The third kappa shape index (κ3) is 4.07. The first kappa shape index (κ1) is 16.2. The maximum atomic E-state index is 12.6. The van der Waals surface area contributed by atoms with Crippen LogP contribution in [0.4, 0.5) is 19.0 Å². The van der Waals surface area contributed by atoms with Crippen LogP contribution in [0.1, 0.15) is 23.0 Å². The minimum absolute atomic E-state index is 0.0632. The van der Waals surface area contributed by atoms with Crippen LogP contribution in [-0.2, 0) is 6.18 Å². The summed E-state index contributed by atoms with van der Waals surface area (Å²) in [5.74, 6) is -1.23. The van der Waals surface area contributed by atoms with E-state index in [0.29, 0.717) is 6.07 Å². The molecule has 0 aliphatic heterocycles. The van der Waals surface area contributed by atoms with E-state index in [2.05, 4.69) is 10.3 Å². The van der Waals surface area contributed by atoms with Gasteiger partial charge in [0.2, 0.25) is 0 Å². The minimum atomic E-state index is -4.64. The van der Waals surface area contributed by atoms with Gasteiger partial charge in [0, 0.05) is 12.6 Å². The van der Waals surface area contributed by atoms with Crippen LogP contribution < -0.4 is 16.8 Å². The summed E-state index contributed by atoms with van der Waals surface area (Å²) >= 11 is 0. The lowest BCUT2D eigenvalue weighted by Gasteiger charge is -2.17. The molecule has 0 bridgehead atoms. The average Bonchev–Trinajstić information content (AvgIpc) is 2.34. The van der Waals surface area contributed by atoms with E-state index in [4.69, 9.17) is 11.5 Å². The number of primary amides is 1. The molecule has 0 aliphatic rings. The quantitative estimate of drug-likeness (QED) is 0.624. The summed E-state index contributed by atoms with van der Waals surface area (Å²) in [5, 5.41) is 11.7. The van der Waals surface area contributed by atoms with Gasteiger partial charge in [-0.15, -0.1) is 0 Å². The van der Waals surface area contributed by atoms with Crippen molar-refractivity contribution in [1.29, 1.82) is 0 Å². The lowest BCUT2D eigenvalue weighted by molar-refractivity contribution is -0.141. The summed E-state index contributed by atoms with van der Waals surface area (Å²) < 4.78 is 37.7. The zero-order valence-electron chi connectivity index (χ0n) is 10.6. The maximum absolute atomic E-state index is 12.6. The number of aromatic nitrogens is 1. The molecule has 0 saturated heterocycles. The Morgan fingerprint density at radius 1 is 1.50 bits per heavy atom. The molecule has 0 radical (unpaired) electrons. The van der Waals surface area contributed by atoms with Crippen LogP contribution in [0.5, 0.6) is 0 Å². The molecular formula is C11H15F3N4O2. The number of nitrogens with two attached hydrogens (primary N) is 2. The zero-order chi connectivity index (χ0) is 15.5. The molecular weight excluding hydrogens is 277 g/mol. The monoisotopic (exact) mass is 292 g/mol. The van der Waals surface area contributed by atoms with Gasteiger partial charge in [-0.1, -0.05) is 0 Å². The molecule has 6 N–H and O–H groups in total. The van der Waals surface area contributed by atoms with Crippen molar-refractivity contribution >= 4 is 11.7 Å². The molecule has 0 saturated carbocycles. The molecule has 2 unspecified atom stereocenters. The van der Waals surface area contributed by atoms with E-state index >= 15 is 0 Å². The van der Waals surface area contributed by atoms with E-state index < -0.39 is 29.9 Å². The highest BCUT2D eigenvalue weighted by Gasteiger charge is 2.33. The number of aliphatic hydroxyl groups excluding tert-OH is 1. The SMILES string of the molecule is CC(O)C(N)CNc1nc(C(F)(F)F)ccc1C(N)=O. The molecule has 6 nitrogen and oxygen atoms in total. The number of hydrogen-bond donors (Lipinski definition) is 4. The van der Waals surface area contributed by atoms with Crippen molar-refractivity contribution in [3.05, 3.63) is 23.4 Å². The van der Waals surface area contributed by atoms with Gasteiger partial charge in [-0.25, -0.2) is 4.98 Å². The molecule has 1 rings (SSSR count). The van der Waals surface area contributed by atoms with Crippen LogP contribution >= 0.6 is 0 Å². The van der Waals surface area contributed by atoms with E-state index in [1.807, 2.05) is 0 Å². The normalized spacial score (nSPS) is 14.7. The van der Waals surface area contributed by atoms with E-state index in [1.54, 1.807) is 0 Å². The van der Waals surface area contributed by atoms with Gasteiger partial charge >= 0.3 is 6.18 Å². The first-order valence-electron chi connectivity index (χ1n) is 5.68. The molecule has 1 amide bonds. The summed E-state index contributed by atoms with van der Waals surface area (Å²) in [4.78, 5) is 14.5. The minimum Gasteiger partial charge on any atom is -0.392 e. The van der Waals surface area contributed by atoms with Gasteiger partial charge in [0.1, 0.15) is 11.5 Å². The second kappa shape index (κ2) is 6.06. The highest BCUT2D eigenvalue weighted by atomic mass is 19.4. The predicted molar refractivity (Wildman–Crippen MR) is 65.9 cm³/mol. The van der Waals surface area contributed by atoms with Gasteiger partial charge in [0.15, 0.2) is 0 Å². The summed E-state index contributed by atoms with van der Waals surface area (Å²) in [6.07, 6.45) is -5.51. The summed E-state index contributed by atoms with van der Waals surface area (Å²) in [7, 11) is 0. The molecule has 1 heterocycles. The number of alkyl halides is 3. The fourth-order valence-corrected chi connectivity index (χ4v) is 1.34. The van der Waals surface area contributed by atoms with Crippen molar-refractivity contribution in [2.75, 3.05) is 11.9 Å². The maximum Gasteiger partial charge on any atom is 0.433 e. The Labute approximate surface area is 113 Å². The van der Waals surface area contributed by atoms with Crippen molar-refractivity contribution in [2.45, 2.75) is 25.2 Å². The molecule has 2 atom stereocenters. The van der Waals surface area contributed by atoms with Gasteiger partial charge in [0.25, 0.3) is 5.91 Å². The van der Waals surface area contributed by atoms with E-state index in [9.17, 15) is 23.1 Å². The number of rotatable bonds is 5. The topological polar surface area (TPSA) is 114 Å². The molecule has 0 spiro atoms. The largest absolute Gasteiger partial charge is 0.433 e. The fourth-order valence-electron chi connectivity index (χ4n) is 1.34. The Kier molecular flexibility index (Phi) is 4.90. The number of carbonyl (C=O) groups excluding carboxylic acids is 1. The van der Waals surface area contributed by atoms with E-state index in [1.165, 1.54) is 6.92 Å². The Bertz CT molecular complexity index is 491. The fraction of sp³-hybridized carbons (Fsp3) is 0.455. The lowest BCUT2D eigenvalue weighted by Crippen LogP contribution is -2.39. The van der Waals surface area contributed by atoms with Crippen LogP contribution in [0.15, 0.2) is 12.1 Å². The van der Waals surface area contributed by atoms with Crippen molar-refractivity contribution in [3.63, 3.8) is 0 Å². The second-order valence-electron chi connectivity index (χ2n) is 4.24. The molecule has 0 aliphatic carbocycles. The van der Waals surface area contributed by atoms with Gasteiger partial charge < -0.3 is 21.9 Å². The van der Waals surface area contributed by atoms with Gasteiger partial charge in [-0.3, -0.25) is 4.79 Å². The zero-order valence-corrected chi connectivity index (χ0v) is 10.6. The molecule has 1 aromatic heterocycles. The average molecular weight is 292 g/mol. The Morgan fingerprint density at radius 2 is 2.10 bits per heavy atom. The van der Waals surface area contributed by atoms with Crippen LogP contribution in [-0.4, -0.2) is 34.7 Å². The van der Waals surface area contributed by atoms with Gasteiger partial charge in [-0.2, -0.15) is 13.2 Å². The Morgan fingerprint density at radius 3 is 2.55 bits per heavy atom. The number of nitrogens with zero attached hydrogens (tertiary/aromatic N) is 1. The van der Waals surface area contributed by atoms with Crippen molar-refractivity contribution in [3.8, 4) is 0 Å². The molecule has 20 heavy (non-hydrogen) atoms. The number of amides is 1. The highest BCUT2D eigenvalue weighted by molar-refractivity contribution is 5.97. The van der Waals surface area contributed by atoms with Crippen LogP contribution in [0, 0.1) is 0 Å². The predicted octanol–water partition coefficient (Wildman–Crippen LogP) is 0.319. The number of carbonyl (C=O) groups is 1. The molecule has 9 heteroatoms. The first-order chi connectivity index (χ1) is 9.12. The van der Waals surface area contributed by atoms with E-state index in [0.717, 1.165) is 6.07 Å². The summed E-state index contributed by atoms with van der Waals surface area (Å²) in [6, 6.07) is 0.876. The number of nitrogens with one attached hydrogen (secondary N) is 1. The summed E-state index contributed by atoms with van der Waals surface area (Å²) in [5.41, 5.74) is 9.25. The third-order valence-corrected chi connectivity index (χ3v) is 2.58. The number of aliphatic hydroxyl groups is 1. The number of pyridine rings is 1. The number of anilines is 1. The molecule has 1 aromatic rings. The Balaban J connectivity index is 3.04. The second-order valence-corrected chi connectivity index (χ2v) is 4.24. The first-order valence-corrected chi connectivity index (χ1v) is 5.68. The molecule has 112 valence electrons. The lowest BCUT2D eigenvalue weighted by atomic mass is 10.2. The summed E-state index contributed by atoms with van der Waals surface area (Å²) in [6.45, 7) is 1.37. The van der Waals surface area contributed by atoms with Crippen LogP contribution in [0.2, 0.25) is 0 Å². The van der Waals surface area contributed by atoms with Crippen LogP contribution in [0.3, 0.4) is 0 Å².